The van der Waals surface area contributed by atoms with E-state index >= 15 is 0 Å². The molecule has 1 aromatic heterocycles. The number of aromatic nitrogens is 1. The van der Waals surface area contributed by atoms with Gasteiger partial charge >= 0.3 is 0 Å². The van der Waals surface area contributed by atoms with Crippen LogP contribution in [-0.4, -0.2) is 55.4 Å². The van der Waals surface area contributed by atoms with Crippen LogP contribution in [0.1, 0.15) is 40.7 Å². The molecular formula is C67H61N9. The molecule has 2 aliphatic rings. The number of hydrazone groups is 3. The molecular weight excluding hydrogens is 931 g/mol. The van der Waals surface area contributed by atoms with Crippen molar-refractivity contribution in [3.05, 3.63) is 258 Å². The zero-order valence-electron chi connectivity index (χ0n) is 42.9. The second-order valence-corrected chi connectivity index (χ2v) is 19.7. The van der Waals surface area contributed by atoms with E-state index in [9.17, 15) is 0 Å². The van der Waals surface area contributed by atoms with Gasteiger partial charge < -0.3 is 14.4 Å². The van der Waals surface area contributed by atoms with Gasteiger partial charge in [0.15, 0.2) is 0 Å². The average Bonchev–Trinajstić information content (AvgIpc) is 3.80. The maximum atomic E-state index is 5.53. The lowest BCUT2D eigenvalue weighted by atomic mass is 9.90. The van der Waals surface area contributed by atoms with Crippen LogP contribution < -0.4 is 24.8 Å². The molecule has 0 radical (unpaired) electrons. The number of rotatable bonds is 17. The van der Waals surface area contributed by atoms with Gasteiger partial charge in [-0.05, 0) is 157 Å². The molecule has 0 saturated carbocycles. The largest absolute Gasteiger partial charge is 0.371 e. The van der Waals surface area contributed by atoms with Crippen LogP contribution in [0.4, 0.5) is 39.8 Å². The fourth-order valence-corrected chi connectivity index (χ4v) is 11.1. The summed E-state index contributed by atoms with van der Waals surface area (Å²) in [6, 6.07) is 80.8. The zero-order valence-corrected chi connectivity index (χ0v) is 42.9. The Hall–Kier alpha value is -9.21. The minimum Gasteiger partial charge on any atom is -0.371 e. The summed E-state index contributed by atoms with van der Waals surface area (Å²) in [5.41, 5.74) is 16.0. The van der Waals surface area contributed by atoms with Crippen LogP contribution >= 0.6 is 0 Å². The molecule has 0 fully saturated rings. The second kappa shape index (κ2) is 22.1. The smallest absolute Gasteiger partial charge is 0.0917 e. The summed E-state index contributed by atoms with van der Waals surface area (Å²) in [5, 5.41) is 25.1. The average molecular weight is 992 g/mol. The zero-order chi connectivity index (χ0) is 51.0. The maximum absolute atomic E-state index is 5.53. The quantitative estimate of drug-likeness (QED) is 0.0672. The van der Waals surface area contributed by atoms with Crippen molar-refractivity contribution < 1.29 is 0 Å². The SMILES string of the molecule is Cn1c2ccccc2c2cc(/C=N\N(CC(CN(/N=C/c3ccc(N(c4ccccc4)c4ccccc4)cc3)c3ccccc3)N(/N=C/c3cc4c5c(c3)CCCN5CCC4)c3ccccc3)c3ccccc3)ccc21. The number of hydrogen-bond donors (Lipinski definition) is 0. The summed E-state index contributed by atoms with van der Waals surface area (Å²) in [6.45, 7) is 3.21. The fraction of sp³-hybridized carbons (Fsp3) is 0.149. The number of fused-ring (bicyclic) bond motifs is 3. The third kappa shape index (κ3) is 10.3. The third-order valence-corrected chi connectivity index (χ3v) is 14.7. The molecule has 0 bridgehead atoms. The number of nitrogens with zero attached hydrogens (tertiary/aromatic N) is 9. The van der Waals surface area contributed by atoms with Crippen LogP contribution in [0.25, 0.3) is 21.8 Å². The lowest BCUT2D eigenvalue weighted by Crippen LogP contribution is -2.47. The Bertz CT molecular complexity index is 3560. The molecule has 0 saturated heterocycles. The van der Waals surface area contributed by atoms with Gasteiger partial charge in [-0.25, -0.2) is 0 Å². The summed E-state index contributed by atoms with van der Waals surface area (Å²) >= 11 is 0. The first-order valence-corrected chi connectivity index (χ1v) is 26.6. The van der Waals surface area contributed by atoms with Crippen LogP contribution in [0.3, 0.4) is 0 Å². The highest BCUT2D eigenvalue weighted by Crippen LogP contribution is 2.37. The lowest BCUT2D eigenvalue weighted by Gasteiger charge is -2.37. The summed E-state index contributed by atoms with van der Waals surface area (Å²) in [6.07, 6.45) is 10.6. The van der Waals surface area contributed by atoms with Crippen molar-refractivity contribution in [3.63, 3.8) is 0 Å². The van der Waals surface area contributed by atoms with Crippen LogP contribution in [0.5, 0.6) is 0 Å². The Morgan fingerprint density at radius 1 is 0.421 bits per heavy atom. The molecule has 12 rings (SSSR count). The van der Waals surface area contributed by atoms with E-state index in [0.717, 1.165) is 76.7 Å². The number of benzene rings is 9. The summed E-state index contributed by atoms with van der Waals surface area (Å²) < 4.78 is 2.27. The van der Waals surface area contributed by atoms with Crippen LogP contribution in [0.15, 0.2) is 246 Å². The van der Waals surface area contributed by atoms with E-state index in [1.165, 1.54) is 51.5 Å². The van der Waals surface area contributed by atoms with Crippen LogP contribution in [0.2, 0.25) is 0 Å². The van der Waals surface area contributed by atoms with E-state index in [0.29, 0.717) is 13.1 Å². The summed E-state index contributed by atoms with van der Waals surface area (Å²) in [7, 11) is 2.14. The van der Waals surface area contributed by atoms with Gasteiger partial charge in [0.25, 0.3) is 0 Å². The fourth-order valence-electron chi connectivity index (χ4n) is 11.1. The second-order valence-electron chi connectivity index (χ2n) is 19.7. The monoisotopic (exact) mass is 992 g/mol. The van der Waals surface area contributed by atoms with Gasteiger partial charge in [-0.1, -0.05) is 127 Å². The standard InChI is InChI=1S/C67H61N9/c1-71-65-34-18-17-33-63(65)64-45-52(37-40-66(64)71)47-69-74(57-25-9-3-10-26-57)50-62(76(61-31-15-6-16-32-61)70-48-53-43-54-21-19-41-72-42-20-22-55(44-53)67(54)72)49-73(56-23-7-2-8-24-56)68-46-51-35-38-60(39-36-51)75(58-27-11-4-12-28-58)59-29-13-5-14-30-59/h2-18,23-40,43-48,62H,19-22,41-42,49-50H2,1H3/b68-46+,69-47-,70-48+. The van der Waals surface area contributed by atoms with Crippen molar-refractivity contribution in [1.29, 1.82) is 0 Å². The molecule has 1 atom stereocenters. The number of hydrogen-bond acceptors (Lipinski definition) is 8. The minimum atomic E-state index is -0.298. The normalized spacial score (nSPS) is 13.7. The molecule has 0 spiro atoms. The molecule has 0 amide bonds. The van der Waals surface area contributed by atoms with Gasteiger partial charge in [-0.2, -0.15) is 15.3 Å². The van der Waals surface area contributed by atoms with Crippen LogP contribution in [0, 0.1) is 0 Å². The molecule has 2 aliphatic heterocycles. The van der Waals surface area contributed by atoms with Gasteiger partial charge in [-0.15, -0.1) is 0 Å². The van der Waals surface area contributed by atoms with Gasteiger partial charge in [0, 0.05) is 64.7 Å². The highest BCUT2D eigenvalue weighted by Gasteiger charge is 2.28. The Labute approximate surface area is 446 Å². The number of para-hydroxylation sites is 6. The van der Waals surface area contributed by atoms with Gasteiger partial charge in [-0.3, -0.25) is 15.0 Å². The Morgan fingerprint density at radius 3 is 1.43 bits per heavy atom. The summed E-state index contributed by atoms with van der Waals surface area (Å²) in [4.78, 5) is 4.87. The molecule has 10 aromatic rings. The highest BCUT2D eigenvalue weighted by molar-refractivity contribution is 6.09. The molecule has 76 heavy (non-hydrogen) atoms. The molecule has 9 nitrogen and oxygen atoms in total. The van der Waals surface area contributed by atoms with Crippen molar-refractivity contribution in [2.24, 2.45) is 22.4 Å². The molecule has 0 N–H and O–H groups in total. The number of aryl methyl sites for hydroxylation is 3. The van der Waals surface area contributed by atoms with E-state index in [2.05, 4.69) is 273 Å². The van der Waals surface area contributed by atoms with E-state index in [4.69, 9.17) is 15.3 Å². The maximum Gasteiger partial charge on any atom is 0.0917 e. The Morgan fingerprint density at radius 2 is 0.868 bits per heavy atom. The predicted molar refractivity (Wildman–Crippen MR) is 320 cm³/mol. The third-order valence-electron chi connectivity index (χ3n) is 14.7. The van der Waals surface area contributed by atoms with Gasteiger partial charge in [0.2, 0.25) is 0 Å². The van der Waals surface area contributed by atoms with Crippen LogP contribution in [-0.2, 0) is 19.9 Å². The van der Waals surface area contributed by atoms with E-state index in [1.807, 2.05) is 12.4 Å². The van der Waals surface area contributed by atoms with Crippen molar-refractivity contribution in [2.75, 3.05) is 51.0 Å². The Kier molecular flexibility index (Phi) is 13.9. The molecule has 374 valence electrons. The van der Waals surface area contributed by atoms with Gasteiger partial charge in [0.05, 0.1) is 54.8 Å². The topological polar surface area (TPSA) is 58.2 Å². The first kappa shape index (κ1) is 47.8. The highest BCUT2D eigenvalue weighted by atomic mass is 15.5. The Balaban J connectivity index is 0.938. The first-order valence-electron chi connectivity index (χ1n) is 26.6. The molecule has 0 aliphatic carbocycles. The van der Waals surface area contributed by atoms with Crippen molar-refractivity contribution in [2.45, 2.75) is 31.7 Å². The molecule has 9 heteroatoms. The molecule has 3 heterocycles. The first-order chi connectivity index (χ1) is 37.6. The van der Waals surface area contributed by atoms with Crippen molar-refractivity contribution >= 4 is 80.3 Å². The van der Waals surface area contributed by atoms with E-state index in [1.54, 1.807) is 0 Å². The molecule has 9 aromatic carbocycles. The molecule has 1 unspecified atom stereocenters. The minimum absolute atomic E-state index is 0.298. The number of anilines is 7. The van der Waals surface area contributed by atoms with E-state index in [-0.39, 0.29) is 6.04 Å². The lowest BCUT2D eigenvalue weighted by molar-refractivity contribution is 0.576. The van der Waals surface area contributed by atoms with Gasteiger partial charge in [0.1, 0.15) is 0 Å². The summed E-state index contributed by atoms with van der Waals surface area (Å²) in [5.74, 6) is 0. The van der Waals surface area contributed by atoms with E-state index < -0.39 is 0 Å². The van der Waals surface area contributed by atoms with Crippen molar-refractivity contribution in [1.82, 2.24) is 4.57 Å². The predicted octanol–water partition coefficient (Wildman–Crippen LogP) is 14.8. The van der Waals surface area contributed by atoms with Crippen molar-refractivity contribution in [3.8, 4) is 0 Å².